The number of oxazole rings is 1. The van der Waals surface area contributed by atoms with Gasteiger partial charge in [-0.2, -0.15) is 0 Å². The molecule has 0 aliphatic carbocycles. The Bertz CT molecular complexity index is 570. The third-order valence-electron chi connectivity index (χ3n) is 2.86. The molecule has 2 rings (SSSR count). The number of halogens is 1. The second kappa shape index (κ2) is 4.96. The van der Waals surface area contributed by atoms with Gasteiger partial charge in [0.2, 0.25) is 0 Å². The van der Waals surface area contributed by atoms with Gasteiger partial charge in [-0.05, 0) is 30.5 Å². The van der Waals surface area contributed by atoms with Crippen molar-refractivity contribution in [2.24, 2.45) is 0 Å². The summed E-state index contributed by atoms with van der Waals surface area (Å²) >= 11 is 6.17. The van der Waals surface area contributed by atoms with E-state index in [1.165, 1.54) is 0 Å². The van der Waals surface area contributed by atoms with Crippen molar-refractivity contribution in [3.63, 3.8) is 0 Å². The maximum Gasteiger partial charge on any atom is 0.419 e. The van der Waals surface area contributed by atoms with Gasteiger partial charge in [0, 0.05) is 6.54 Å². The minimum Gasteiger partial charge on any atom is -0.408 e. The lowest BCUT2D eigenvalue weighted by Gasteiger charge is -2.06. The molecule has 0 saturated heterocycles. The van der Waals surface area contributed by atoms with Crippen molar-refractivity contribution in [2.45, 2.75) is 38.6 Å². The zero-order chi connectivity index (χ0) is 12.4. The Morgan fingerprint density at radius 3 is 2.82 bits per heavy atom. The molecule has 1 aromatic heterocycles. The molecule has 0 spiro atoms. The fraction of sp³-hybridized carbons (Fsp3) is 0.462. The smallest absolute Gasteiger partial charge is 0.408 e. The highest BCUT2D eigenvalue weighted by atomic mass is 35.5. The van der Waals surface area contributed by atoms with Gasteiger partial charge in [0.25, 0.3) is 0 Å². The molecule has 4 heteroatoms. The van der Waals surface area contributed by atoms with Gasteiger partial charge < -0.3 is 4.42 Å². The number of nitrogens with zero attached hydrogens (tertiary/aromatic N) is 1. The Hall–Kier alpha value is -1.22. The van der Waals surface area contributed by atoms with Gasteiger partial charge in [-0.15, -0.1) is 11.6 Å². The topological polar surface area (TPSA) is 35.1 Å². The largest absolute Gasteiger partial charge is 0.419 e. The average molecular weight is 254 g/mol. The van der Waals surface area contributed by atoms with Crippen LogP contribution < -0.4 is 5.76 Å². The van der Waals surface area contributed by atoms with Gasteiger partial charge in [0.1, 0.15) is 0 Å². The fourth-order valence-corrected chi connectivity index (χ4v) is 2.08. The summed E-state index contributed by atoms with van der Waals surface area (Å²) in [7, 11) is 0. The fourth-order valence-electron chi connectivity index (χ4n) is 1.95. The molecule has 0 radical (unpaired) electrons. The Kier molecular flexibility index (Phi) is 3.57. The van der Waals surface area contributed by atoms with Crippen molar-refractivity contribution in [3.8, 4) is 0 Å². The third kappa shape index (κ3) is 2.25. The van der Waals surface area contributed by atoms with Gasteiger partial charge in [0.15, 0.2) is 5.58 Å². The highest BCUT2D eigenvalue weighted by Gasteiger charge is 2.11. The van der Waals surface area contributed by atoms with E-state index < -0.39 is 0 Å². The predicted molar refractivity (Wildman–Crippen MR) is 69.7 cm³/mol. The summed E-state index contributed by atoms with van der Waals surface area (Å²) in [6, 6.07) is 5.74. The number of alkyl halides is 1. The molecule has 17 heavy (non-hydrogen) atoms. The molecular weight excluding hydrogens is 238 g/mol. The lowest BCUT2D eigenvalue weighted by atomic mass is 10.1. The van der Waals surface area contributed by atoms with Gasteiger partial charge in [-0.25, -0.2) is 4.79 Å². The predicted octanol–water partition coefficient (Wildman–Crippen LogP) is 3.69. The van der Waals surface area contributed by atoms with E-state index in [1.807, 2.05) is 32.0 Å². The van der Waals surface area contributed by atoms with Crippen molar-refractivity contribution in [1.82, 2.24) is 4.57 Å². The quantitative estimate of drug-likeness (QED) is 0.779. The zero-order valence-electron chi connectivity index (χ0n) is 10.1. The van der Waals surface area contributed by atoms with Gasteiger partial charge in [-0.1, -0.05) is 19.9 Å². The number of aromatic nitrogens is 1. The first-order valence-electron chi connectivity index (χ1n) is 5.94. The molecule has 0 aliphatic rings. The first-order valence-corrected chi connectivity index (χ1v) is 6.38. The van der Waals surface area contributed by atoms with Crippen LogP contribution in [0.5, 0.6) is 0 Å². The van der Waals surface area contributed by atoms with Crippen LogP contribution in [0.15, 0.2) is 27.4 Å². The summed E-state index contributed by atoms with van der Waals surface area (Å²) in [4.78, 5) is 11.6. The number of fused-ring (bicyclic) bond motifs is 1. The Morgan fingerprint density at radius 1 is 1.41 bits per heavy atom. The monoisotopic (exact) mass is 253 g/mol. The molecule has 1 heterocycles. The molecule has 1 unspecified atom stereocenters. The normalized spacial score (nSPS) is 13.1. The van der Waals surface area contributed by atoms with E-state index in [4.69, 9.17) is 16.0 Å². The number of hydrogen-bond acceptors (Lipinski definition) is 2. The van der Waals surface area contributed by atoms with E-state index in [2.05, 4.69) is 0 Å². The summed E-state index contributed by atoms with van der Waals surface area (Å²) in [5.74, 6) is -0.290. The van der Waals surface area contributed by atoms with Crippen molar-refractivity contribution in [2.75, 3.05) is 0 Å². The first-order chi connectivity index (χ1) is 8.17. The summed E-state index contributed by atoms with van der Waals surface area (Å²) in [5, 5.41) is -0.0285. The molecule has 0 saturated carbocycles. The van der Waals surface area contributed by atoms with E-state index >= 15 is 0 Å². The molecule has 0 bridgehead atoms. The van der Waals surface area contributed by atoms with E-state index in [9.17, 15) is 4.79 Å². The Balaban J connectivity index is 2.53. The summed E-state index contributed by atoms with van der Waals surface area (Å²) in [5.41, 5.74) is 2.47. The molecule has 0 fully saturated rings. The van der Waals surface area contributed by atoms with Crippen LogP contribution in [0.25, 0.3) is 11.1 Å². The van der Waals surface area contributed by atoms with Crippen LogP contribution in [-0.4, -0.2) is 4.57 Å². The summed E-state index contributed by atoms with van der Waals surface area (Å²) < 4.78 is 6.90. The first kappa shape index (κ1) is 12.2. The maximum atomic E-state index is 11.6. The van der Waals surface area contributed by atoms with Crippen LogP contribution in [0, 0.1) is 0 Å². The number of aryl methyl sites for hydroxylation is 1. The molecule has 1 aromatic carbocycles. The second-order valence-corrected chi connectivity index (χ2v) is 4.65. The Morgan fingerprint density at radius 2 is 2.18 bits per heavy atom. The van der Waals surface area contributed by atoms with Crippen molar-refractivity contribution < 1.29 is 4.42 Å². The van der Waals surface area contributed by atoms with E-state index in [0.717, 1.165) is 23.9 Å². The minimum absolute atomic E-state index is 0.0285. The molecule has 1 atom stereocenters. The average Bonchev–Trinajstić information content (AvgIpc) is 2.64. The zero-order valence-corrected chi connectivity index (χ0v) is 10.8. The van der Waals surface area contributed by atoms with Crippen LogP contribution >= 0.6 is 11.6 Å². The molecule has 0 aliphatic heterocycles. The summed E-state index contributed by atoms with van der Waals surface area (Å²) in [6.07, 6.45) is 1.76. The lowest BCUT2D eigenvalue weighted by molar-refractivity contribution is 0.502. The van der Waals surface area contributed by atoms with Gasteiger partial charge in [0.05, 0.1) is 10.9 Å². The van der Waals surface area contributed by atoms with Crippen molar-refractivity contribution in [3.05, 3.63) is 34.3 Å². The lowest BCUT2D eigenvalue weighted by Crippen LogP contribution is -2.13. The number of benzene rings is 1. The van der Waals surface area contributed by atoms with Crippen molar-refractivity contribution in [1.29, 1.82) is 0 Å². The molecule has 2 aromatic rings. The molecule has 3 nitrogen and oxygen atoms in total. The molecule has 92 valence electrons. The van der Waals surface area contributed by atoms with Gasteiger partial charge >= 0.3 is 5.76 Å². The molecular formula is C13H16ClNO2. The van der Waals surface area contributed by atoms with E-state index in [-0.39, 0.29) is 11.1 Å². The minimum atomic E-state index is -0.290. The number of rotatable bonds is 4. The third-order valence-corrected chi connectivity index (χ3v) is 3.42. The summed E-state index contributed by atoms with van der Waals surface area (Å²) in [6.45, 7) is 4.75. The second-order valence-electron chi connectivity index (χ2n) is 4.12. The standard InChI is InChI=1S/C13H16ClNO2/c1-3-7-15-11-6-5-9(10(14)4-2)8-12(11)17-13(15)16/h5-6,8,10H,3-4,7H2,1-2H3. The highest BCUT2D eigenvalue weighted by Crippen LogP contribution is 2.26. The molecule has 0 amide bonds. The van der Waals surface area contributed by atoms with Crippen LogP contribution in [0.4, 0.5) is 0 Å². The van der Waals surface area contributed by atoms with Crippen LogP contribution in [0.1, 0.15) is 37.6 Å². The van der Waals surface area contributed by atoms with Crippen LogP contribution in [0.2, 0.25) is 0 Å². The highest BCUT2D eigenvalue weighted by molar-refractivity contribution is 6.20. The van der Waals surface area contributed by atoms with E-state index in [1.54, 1.807) is 4.57 Å². The van der Waals surface area contributed by atoms with E-state index in [0.29, 0.717) is 12.1 Å². The molecule has 0 N–H and O–H groups in total. The van der Waals surface area contributed by atoms with Crippen LogP contribution in [0.3, 0.4) is 0 Å². The SMILES string of the molecule is CCCn1c(=O)oc2cc(C(Cl)CC)ccc21. The number of hydrogen-bond donors (Lipinski definition) is 0. The van der Waals surface area contributed by atoms with Crippen LogP contribution in [-0.2, 0) is 6.54 Å². The Labute approximate surface area is 105 Å². The maximum absolute atomic E-state index is 11.6. The van der Waals surface area contributed by atoms with Crippen molar-refractivity contribution >= 4 is 22.7 Å². The van der Waals surface area contributed by atoms with Gasteiger partial charge in [-0.3, -0.25) is 4.57 Å².